The second-order valence-electron chi connectivity index (χ2n) is 5.19. The molecule has 24 heavy (non-hydrogen) atoms. The summed E-state index contributed by atoms with van der Waals surface area (Å²) in [5.41, 5.74) is 1.46. The number of ether oxygens (including phenoxy) is 3. The molecule has 7 heteroatoms. The molecule has 0 aliphatic carbocycles. The minimum absolute atomic E-state index is 0.0938. The molecule has 0 spiro atoms. The van der Waals surface area contributed by atoms with E-state index in [4.69, 9.17) is 49.0 Å². The van der Waals surface area contributed by atoms with E-state index in [2.05, 4.69) is 0 Å². The highest BCUT2D eigenvalue weighted by molar-refractivity contribution is 6.42. The molecule has 0 bridgehead atoms. The summed E-state index contributed by atoms with van der Waals surface area (Å²) in [5, 5.41) is 1.28. The lowest BCUT2D eigenvalue weighted by Gasteiger charge is -2.20. The van der Waals surface area contributed by atoms with E-state index in [0.717, 1.165) is 11.1 Å². The summed E-state index contributed by atoms with van der Waals surface area (Å²) in [4.78, 5) is 12.0. The number of fused-ring (bicyclic) bond motifs is 1. The van der Waals surface area contributed by atoms with Crippen molar-refractivity contribution in [2.45, 2.75) is 13.0 Å². The molecule has 1 aliphatic heterocycles. The second kappa shape index (κ2) is 7.51. The summed E-state index contributed by atoms with van der Waals surface area (Å²) in [6.07, 6.45) is 0.106. The summed E-state index contributed by atoms with van der Waals surface area (Å²) in [6.45, 7) is 1.02. The molecule has 0 aromatic heterocycles. The molecule has 0 atom stereocenters. The van der Waals surface area contributed by atoms with Gasteiger partial charge in [0.2, 0.25) is 0 Å². The summed E-state index contributed by atoms with van der Waals surface area (Å²) in [5.74, 6) is 0.706. The highest BCUT2D eigenvalue weighted by Crippen LogP contribution is 2.38. The van der Waals surface area contributed by atoms with E-state index < -0.39 is 0 Å². The molecular weight excluding hydrogens is 375 g/mol. The van der Waals surface area contributed by atoms with Crippen LogP contribution >= 0.6 is 34.8 Å². The zero-order valence-corrected chi connectivity index (χ0v) is 14.7. The molecule has 3 rings (SSSR count). The number of hydrogen-bond acceptors (Lipinski definition) is 4. The van der Waals surface area contributed by atoms with Crippen molar-refractivity contribution in [2.24, 2.45) is 0 Å². The maximum Gasteiger partial charge on any atom is 0.310 e. The van der Waals surface area contributed by atoms with Crippen LogP contribution in [0.25, 0.3) is 0 Å². The maximum absolute atomic E-state index is 12.0. The molecule has 1 heterocycles. The number of esters is 1. The lowest BCUT2D eigenvalue weighted by molar-refractivity contribution is -0.144. The smallest absolute Gasteiger partial charge is 0.310 e. The fourth-order valence-electron chi connectivity index (χ4n) is 2.28. The van der Waals surface area contributed by atoms with Crippen LogP contribution in [0.2, 0.25) is 15.1 Å². The number of rotatable bonds is 4. The first-order chi connectivity index (χ1) is 11.5. The molecule has 0 amide bonds. The van der Waals surface area contributed by atoms with Crippen molar-refractivity contribution >= 4 is 40.8 Å². The number of benzene rings is 2. The van der Waals surface area contributed by atoms with Crippen LogP contribution in [-0.4, -0.2) is 19.2 Å². The standard InChI is InChI=1S/C17H13Cl3O4/c18-12-2-1-10(5-13(12)19)8-16(21)24-9-11-6-14(20)17-15(7-11)22-3-4-23-17/h1-2,5-7H,3-4,8-9H2. The zero-order chi connectivity index (χ0) is 17.1. The van der Waals surface area contributed by atoms with Gasteiger partial charge in [0, 0.05) is 0 Å². The van der Waals surface area contributed by atoms with Gasteiger partial charge in [0.25, 0.3) is 0 Å². The van der Waals surface area contributed by atoms with E-state index >= 15 is 0 Å². The molecule has 0 N–H and O–H groups in total. The monoisotopic (exact) mass is 386 g/mol. The summed E-state index contributed by atoms with van der Waals surface area (Å²) in [6, 6.07) is 8.48. The van der Waals surface area contributed by atoms with Crippen LogP contribution in [0.1, 0.15) is 11.1 Å². The van der Waals surface area contributed by atoms with Crippen LogP contribution in [0.15, 0.2) is 30.3 Å². The molecular formula is C17H13Cl3O4. The van der Waals surface area contributed by atoms with Crippen molar-refractivity contribution in [3.05, 3.63) is 56.5 Å². The fraction of sp³-hybridized carbons (Fsp3) is 0.235. The van der Waals surface area contributed by atoms with E-state index in [9.17, 15) is 4.79 Å². The highest BCUT2D eigenvalue weighted by Gasteiger charge is 2.17. The van der Waals surface area contributed by atoms with Gasteiger partial charge < -0.3 is 14.2 Å². The Morgan fingerprint density at radius 2 is 1.71 bits per heavy atom. The Morgan fingerprint density at radius 1 is 0.958 bits per heavy atom. The number of carbonyl (C=O) groups is 1. The van der Waals surface area contributed by atoms with Crippen LogP contribution in [0.3, 0.4) is 0 Å². The van der Waals surface area contributed by atoms with Crippen molar-refractivity contribution in [1.82, 2.24) is 0 Å². The van der Waals surface area contributed by atoms with Gasteiger partial charge in [-0.05, 0) is 35.4 Å². The van der Waals surface area contributed by atoms with Gasteiger partial charge in [-0.1, -0.05) is 40.9 Å². The Morgan fingerprint density at radius 3 is 2.50 bits per heavy atom. The fourth-order valence-corrected chi connectivity index (χ4v) is 2.89. The van der Waals surface area contributed by atoms with Gasteiger partial charge in [0.05, 0.1) is 21.5 Å². The minimum Gasteiger partial charge on any atom is -0.486 e. The van der Waals surface area contributed by atoms with Gasteiger partial charge >= 0.3 is 5.97 Å². The molecule has 0 saturated heterocycles. The molecule has 0 unspecified atom stereocenters. The largest absolute Gasteiger partial charge is 0.486 e. The van der Waals surface area contributed by atoms with Gasteiger partial charge in [-0.25, -0.2) is 0 Å². The van der Waals surface area contributed by atoms with Crippen molar-refractivity contribution in [3.8, 4) is 11.5 Å². The van der Waals surface area contributed by atoms with E-state index in [1.54, 1.807) is 30.3 Å². The summed E-state index contributed by atoms with van der Waals surface area (Å²) in [7, 11) is 0. The molecule has 126 valence electrons. The van der Waals surface area contributed by atoms with E-state index in [-0.39, 0.29) is 19.0 Å². The van der Waals surface area contributed by atoms with Crippen molar-refractivity contribution in [1.29, 1.82) is 0 Å². The van der Waals surface area contributed by atoms with Crippen molar-refractivity contribution < 1.29 is 19.0 Å². The van der Waals surface area contributed by atoms with Crippen LogP contribution < -0.4 is 9.47 Å². The normalized spacial score (nSPS) is 12.8. The first kappa shape index (κ1) is 17.2. The van der Waals surface area contributed by atoms with Gasteiger partial charge in [-0.2, -0.15) is 0 Å². The predicted octanol–water partition coefficient (Wildman–Crippen LogP) is 4.70. The molecule has 4 nitrogen and oxygen atoms in total. The van der Waals surface area contributed by atoms with E-state index in [1.807, 2.05) is 0 Å². The quantitative estimate of drug-likeness (QED) is 0.713. The Kier molecular flexibility index (Phi) is 5.39. The van der Waals surface area contributed by atoms with E-state index in [0.29, 0.717) is 39.8 Å². The SMILES string of the molecule is O=C(Cc1ccc(Cl)c(Cl)c1)OCc1cc(Cl)c2c(c1)OCCO2. The van der Waals surface area contributed by atoms with Crippen LogP contribution in [-0.2, 0) is 22.6 Å². The second-order valence-corrected chi connectivity index (χ2v) is 6.41. The maximum atomic E-state index is 12.0. The zero-order valence-electron chi connectivity index (χ0n) is 12.5. The van der Waals surface area contributed by atoms with Crippen LogP contribution in [0.4, 0.5) is 0 Å². The minimum atomic E-state index is -0.376. The first-order valence-corrected chi connectivity index (χ1v) is 8.34. The third-order valence-electron chi connectivity index (χ3n) is 3.39. The summed E-state index contributed by atoms with van der Waals surface area (Å²) < 4.78 is 16.2. The van der Waals surface area contributed by atoms with Crippen LogP contribution in [0, 0.1) is 0 Å². The Labute approximate surface area is 154 Å². The first-order valence-electron chi connectivity index (χ1n) is 7.20. The molecule has 1 aliphatic rings. The summed E-state index contributed by atoms with van der Waals surface area (Å²) >= 11 is 17.9. The van der Waals surface area contributed by atoms with Gasteiger partial charge in [0.15, 0.2) is 11.5 Å². The molecule has 2 aromatic rings. The van der Waals surface area contributed by atoms with E-state index in [1.165, 1.54) is 0 Å². The van der Waals surface area contributed by atoms with Crippen molar-refractivity contribution in [3.63, 3.8) is 0 Å². The average Bonchev–Trinajstić information content (AvgIpc) is 2.56. The number of halogens is 3. The van der Waals surface area contributed by atoms with Gasteiger partial charge in [-0.3, -0.25) is 4.79 Å². The lowest BCUT2D eigenvalue weighted by Crippen LogP contribution is -2.16. The third-order valence-corrected chi connectivity index (χ3v) is 4.41. The van der Waals surface area contributed by atoms with Gasteiger partial charge in [-0.15, -0.1) is 0 Å². The van der Waals surface area contributed by atoms with Gasteiger partial charge in [0.1, 0.15) is 19.8 Å². The molecule has 0 saturated carbocycles. The third kappa shape index (κ3) is 4.07. The number of hydrogen-bond donors (Lipinski definition) is 0. The molecule has 0 radical (unpaired) electrons. The Hall–Kier alpha value is -1.62. The van der Waals surface area contributed by atoms with Crippen molar-refractivity contribution in [2.75, 3.05) is 13.2 Å². The average molecular weight is 388 g/mol. The molecule has 2 aromatic carbocycles. The molecule has 0 fully saturated rings. The topological polar surface area (TPSA) is 44.8 Å². The Balaban J connectivity index is 1.62. The van der Waals surface area contributed by atoms with Crippen LogP contribution in [0.5, 0.6) is 11.5 Å². The Bertz CT molecular complexity index is 777. The highest BCUT2D eigenvalue weighted by atomic mass is 35.5. The lowest BCUT2D eigenvalue weighted by atomic mass is 10.1. The number of carbonyl (C=O) groups excluding carboxylic acids is 1. The predicted molar refractivity (Wildman–Crippen MR) is 92.4 cm³/mol.